The predicted octanol–water partition coefficient (Wildman–Crippen LogP) is 4.71. The van der Waals surface area contributed by atoms with Crippen LogP contribution < -0.4 is 21.1 Å². The summed E-state index contributed by atoms with van der Waals surface area (Å²) in [6, 6.07) is 16.4. The number of ether oxygens (including phenoxy) is 1. The molecule has 0 spiro atoms. The van der Waals surface area contributed by atoms with Crippen LogP contribution >= 0.6 is 0 Å². The van der Waals surface area contributed by atoms with Gasteiger partial charge in [-0.3, -0.25) is 9.59 Å². The molecule has 2 rings (SSSR count). The van der Waals surface area contributed by atoms with Crippen LogP contribution in [0.25, 0.3) is 0 Å². The number of nitrogens with one attached hydrogen (secondary N) is 2. The van der Waals surface area contributed by atoms with Crippen molar-refractivity contribution in [3.05, 3.63) is 65.7 Å². The van der Waals surface area contributed by atoms with E-state index in [2.05, 4.69) is 24.5 Å². The van der Waals surface area contributed by atoms with Gasteiger partial charge in [-0.25, -0.2) is 0 Å². The van der Waals surface area contributed by atoms with E-state index in [0.717, 1.165) is 36.1 Å². The molecule has 0 aliphatic carbocycles. The zero-order valence-corrected chi connectivity index (χ0v) is 21.1. The predicted molar refractivity (Wildman–Crippen MR) is 138 cm³/mol. The van der Waals surface area contributed by atoms with E-state index in [4.69, 9.17) is 10.5 Å². The van der Waals surface area contributed by atoms with Crippen LogP contribution in [-0.4, -0.2) is 31.0 Å². The molecule has 6 nitrogen and oxygen atoms in total. The van der Waals surface area contributed by atoms with Crippen LogP contribution in [0.2, 0.25) is 0 Å². The lowest BCUT2D eigenvalue weighted by atomic mass is 9.99. The molecule has 34 heavy (non-hydrogen) atoms. The fraction of sp³-hybridized carbons (Fsp3) is 0.500. The molecule has 4 atom stereocenters. The molecular weight excluding hydrogens is 426 g/mol. The van der Waals surface area contributed by atoms with Gasteiger partial charge in [0.1, 0.15) is 5.75 Å². The molecule has 2 aromatic rings. The number of amides is 2. The molecule has 0 aromatic heterocycles. The van der Waals surface area contributed by atoms with E-state index in [1.807, 2.05) is 68.4 Å². The van der Waals surface area contributed by atoms with Gasteiger partial charge in [0.05, 0.1) is 24.6 Å². The maximum atomic E-state index is 13.0. The van der Waals surface area contributed by atoms with Gasteiger partial charge in [-0.05, 0) is 48.9 Å². The maximum absolute atomic E-state index is 13.0. The minimum atomic E-state index is -0.550. The van der Waals surface area contributed by atoms with E-state index in [-0.39, 0.29) is 30.3 Å². The average molecular weight is 468 g/mol. The van der Waals surface area contributed by atoms with Crippen molar-refractivity contribution in [2.45, 2.75) is 71.4 Å². The summed E-state index contributed by atoms with van der Waals surface area (Å²) in [5, 5.41) is 6.02. The third kappa shape index (κ3) is 8.82. The number of hydrogen-bond acceptors (Lipinski definition) is 4. The zero-order valence-electron chi connectivity index (χ0n) is 21.1. The van der Waals surface area contributed by atoms with Crippen molar-refractivity contribution in [3.63, 3.8) is 0 Å². The smallest absolute Gasteiger partial charge is 0.236 e. The van der Waals surface area contributed by atoms with Crippen molar-refractivity contribution in [3.8, 4) is 5.75 Å². The van der Waals surface area contributed by atoms with Crippen LogP contribution in [0.4, 0.5) is 0 Å². The fourth-order valence-electron chi connectivity index (χ4n) is 3.83. The Kier molecular flexibility index (Phi) is 11.6. The molecule has 2 amide bonds. The summed E-state index contributed by atoms with van der Waals surface area (Å²) in [6.07, 6.45) is 3.73. The highest BCUT2D eigenvalue weighted by Gasteiger charge is 2.22. The first-order chi connectivity index (χ1) is 16.3. The molecule has 0 aliphatic rings. The number of benzene rings is 2. The number of carbonyl (C=O) groups is 2. The molecule has 0 saturated carbocycles. The van der Waals surface area contributed by atoms with Gasteiger partial charge in [0.15, 0.2) is 0 Å². The van der Waals surface area contributed by atoms with Gasteiger partial charge in [0, 0.05) is 6.54 Å². The van der Waals surface area contributed by atoms with E-state index in [1.54, 1.807) is 0 Å². The molecular formula is C28H41N3O3. The van der Waals surface area contributed by atoms with Crippen LogP contribution in [0.5, 0.6) is 5.75 Å². The third-order valence-electron chi connectivity index (χ3n) is 6.02. The van der Waals surface area contributed by atoms with E-state index in [0.29, 0.717) is 18.9 Å². The summed E-state index contributed by atoms with van der Waals surface area (Å²) in [6.45, 7) is 9.17. The topological polar surface area (TPSA) is 93.4 Å². The summed E-state index contributed by atoms with van der Waals surface area (Å²) in [5.41, 5.74) is 7.80. The van der Waals surface area contributed by atoms with Gasteiger partial charge < -0.3 is 21.1 Å². The summed E-state index contributed by atoms with van der Waals surface area (Å²) < 4.78 is 5.92. The first-order valence-corrected chi connectivity index (χ1v) is 12.5. The van der Waals surface area contributed by atoms with Crippen molar-refractivity contribution >= 4 is 11.8 Å². The average Bonchev–Trinajstić information content (AvgIpc) is 2.85. The van der Waals surface area contributed by atoms with Gasteiger partial charge in [-0.15, -0.1) is 0 Å². The molecule has 0 fully saturated rings. The maximum Gasteiger partial charge on any atom is 0.236 e. The Morgan fingerprint density at radius 1 is 0.882 bits per heavy atom. The number of carbonyl (C=O) groups excluding carboxylic acids is 2. The van der Waals surface area contributed by atoms with Gasteiger partial charge in [0.2, 0.25) is 11.8 Å². The highest BCUT2D eigenvalue weighted by atomic mass is 16.5. The minimum Gasteiger partial charge on any atom is -0.493 e. The molecule has 0 radical (unpaired) electrons. The first kappa shape index (κ1) is 27.4. The monoisotopic (exact) mass is 467 g/mol. The normalized spacial score (nSPS) is 14.5. The summed E-state index contributed by atoms with van der Waals surface area (Å²) >= 11 is 0. The van der Waals surface area contributed by atoms with E-state index >= 15 is 0 Å². The Hall–Kier alpha value is -2.86. The van der Waals surface area contributed by atoms with Crippen molar-refractivity contribution in [1.82, 2.24) is 10.6 Å². The van der Waals surface area contributed by atoms with E-state index < -0.39 is 6.04 Å². The Morgan fingerprint density at radius 3 is 2.15 bits per heavy atom. The molecule has 4 unspecified atom stereocenters. The van der Waals surface area contributed by atoms with Crippen LogP contribution in [0.15, 0.2) is 54.6 Å². The number of hydrogen-bond donors (Lipinski definition) is 3. The van der Waals surface area contributed by atoms with Crippen molar-refractivity contribution in [1.29, 1.82) is 0 Å². The quantitative estimate of drug-likeness (QED) is 0.375. The van der Waals surface area contributed by atoms with Gasteiger partial charge in [0.25, 0.3) is 0 Å². The van der Waals surface area contributed by atoms with Gasteiger partial charge >= 0.3 is 0 Å². The Morgan fingerprint density at radius 2 is 1.53 bits per heavy atom. The summed E-state index contributed by atoms with van der Waals surface area (Å²) in [7, 11) is 0. The lowest BCUT2D eigenvalue weighted by Crippen LogP contribution is -2.45. The molecule has 6 heteroatoms. The molecule has 0 saturated heterocycles. The molecule has 0 bridgehead atoms. The van der Waals surface area contributed by atoms with Crippen molar-refractivity contribution < 1.29 is 14.3 Å². The van der Waals surface area contributed by atoms with Crippen LogP contribution in [0.1, 0.15) is 76.5 Å². The van der Waals surface area contributed by atoms with E-state index in [1.165, 1.54) is 0 Å². The largest absolute Gasteiger partial charge is 0.493 e. The van der Waals surface area contributed by atoms with Crippen molar-refractivity contribution in [2.75, 3.05) is 13.2 Å². The molecule has 2 aromatic carbocycles. The van der Waals surface area contributed by atoms with Crippen LogP contribution in [0, 0.1) is 5.92 Å². The van der Waals surface area contributed by atoms with Crippen molar-refractivity contribution in [2.24, 2.45) is 11.7 Å². The summed E-state index contributed by atoms with van der Waals surface area (Å²) in [4.78, 5) is 25.4. The second-order valence-corrected chi connectivity index (χ2v) is 9.11. The molecule has 4 N–H and O–H groups in total. The standard InChI is InChI=1S/C28H41N3O3/c1-5-10-20(3)19-34-24-16-14-23(15-17-24)26(18-30-28(33)25(29)11-6-2)31-27(32)21(4)22-12-8-7-9-13-22/h7-9,12-17,20-21,25-26H,5-6,10-11,18-19,29H2,1-4H3,(H,30,33)(H,31,32). The van der Waals surface area contributed by atoms with Gasteiger partial charge in [-0.2, -0.15) is 0 Å². The zero-order chi connectivity index (χ0) is 24.9. The Balaban J connectivity index is 2.11. The summed E-state index contributed by atoms with van der Waals surface area (Å²) in [5.74, 6) is 0.672. The fourth-order valence-corrected chi connectivity index (χ4v) is 3.83. The first-order valence-electron chi connectivity index (χ1n) is 12.5. The lowest BCUT2D eigenvalue weighted by molar-refractivity contribution is -0.125. The third-order valence-corrected chi connectivity index (χ3v) is 6.02. The second-order valence-electron chi connectivity index (χ2n) is 9.11. The SMILES string of the molecule is CCCC(C)COc1ccc(C(CNC(=O)C(N)CCC)NC(=O)C(C)c2ccccc2)cc1. The Bertz CT molecular complexity index is 870. The van der Waals surface area contributed by atoms with Crippen LogP contribution in [-0.2, 0) is 9.59 Å². The lowest BCUT2D eigenvalue weighted by Gasteiger charge is -2.23. The van der Waals surface area contributed by atoms with Gasteiger partial charge in [-0.1, -0.05) is 76.1 Å². The highest BCUT2D eigenvalue weighted by Crippen LogP contribution is 2.21. The molecule has 0 aliphatic heterocycles. The Labute approximate surface area is 204 Å². The second kappa shape index (κ2) is 14.4. The highest BCUT2D eigenvalue weighted by molar-refractivity contribution is 5.84. The van der Waals surface area contributed by atoms with E-state index in [9.17, 15) is 9.59 Å². The number of rotatable bonds is 14. The minimum absolute atomic E-state index is 0.1000. The number of nitrogens with two attached hydrogens (primary N) is 1. The molecule has 0 heterocycles. The molecule has 186 valence electrons. The van der Waals surface area contributed by atoms with Crippen LogP contribution in [0.3, 0.4) is 0 Å².